The maximum absolute atomic E-state index is 12.2. The first-order valence-electron chi connectivity index (χ1n) is 6.54. The van der Waals surface area contributed by atoms with Crippen molar-refractivity contribution in [2.75, 3.05) is 0 Å². The molecule has 6 nitrogen and oxygen atoms in total. The summed E-state index contributed by atoms with van der Waals surface area (Å²) in [4.78, 5) is 23.4. The van der Waals surface area contributed by atoms with Crippen LogP contribution >= 0.6 is 11.6 Å². The number of carbonyl (C=O) groups is 2. The van der Waals surface area contributed by atoms with Gasteiger partial charge in [0.25, 0.3) is 5.91 Å². The molecule has 0 aliphatic carbocycles. The molecule has 1 rings (SSSR count). The maximum atomic E-state index is 12.2. The summed E-state index contributed by atoms with van der Waals surface area (Å²) in [6.07, 6.45) is 0.361. The lowest BCUT2D eigenvalue weighted by molar-refractivity contribution is -0.139. The molecule has 1 amide bonds. The van der Waals surface area contributed by atoms with Crippen LogP contribution in [0.1, 0.15) is 43.2 Å². The molecule has 7 heteroatoms. The van der Waals surface area contributed by atoms with Crippen molar-refractivity contribution in [3.8, 4) is 0 Å². The lowest BCUT2D eigenvalue weighted by Crippen LogP contribution is -2.41. The number of nitrogens with one attached hydrogen (secondary N) is 1. The van der Waals surface area contributed by atoms with E-state index in [0.29, 0.717) is 18.7 Å². The zero-order valence-electron chi connectivity index (χ0n) is 12.1. The van der Waals surface area contributed by atoms with Gasteiger partial charge in [0, 0.05) is 6.54 Å². The Kier molecular flexibility index (Phi) is 5.56. The Labute approximate surface area is 123 Å². The first kappa shape index (κ1) is 16.5. The monoisotopic (exact) mass is 301 g/mol. The quantitative estimate of drug-likeness (QED) is 0.842. The topological polar surface area (TPSA) is 84.2 Å². The summed E-state index contributed by atoms with van der Waals surface area (Å²) in [5, 5.41) is 16.0. The summed E-state index contributed by atoms with van der Waals surface area (Å²) in [5.41, 5.74) is 0.728. The van der Waals surface area contributed by atoms with Gasteiger partial charge in [-0.1, -0.05) is 25.4 Å². The van der Waals surface area contributed by atoms with E-state index in [0.717, 1.165) is 0 Å². The molecule has 0 aliphatic heterocycles. The van der Waals surface area contributed by atoms with Crippen molar-refractivity contribution in [3.05, 3.63) is 16.4 Å². The third kappa shape index (κ3) is 3.72. The van der Waals surface area contributed by atoms with Gasteiger partial charge in [-0.2, -0.15) is 5.10 Å². The molecule has 0 fully saturated rings. The van der Waals surface area contributed by atoms with Crippen molar-refractivity contribution in [2.45, 2.75) is 46.7 Å². The van der Waals surface area contributed by atoms with Gasteiger partial charge >= 0.3 is 5.97 Å². The SMILES string of the molecule is CCn1nc(C)c(C(=O)N[C@H](CC(C)C)C(=O)O)c1Cl. The first-order valence-corrected chi connectivity index (χ1v) is 6.92. The number of rotatable bonds is 6. The van der Waals surface area contributed by atoms with Gasteiger partial charge < -0.3 is 10.4 Å². The second-order valence-corrected chi connectivity index (χ2v) is 5.42. The Hall–Kier alpha value is -1.56. The van der Waals surface area contributed by atoms with Crippen molar-refractivity contribution >= 4 is 23.5 Å². The normalized spacial score (nSPS) is 12.5. The summed E-state index contributed by atoms with van der Waals surface area (Å²) in [6.45, 7) is 7.87. The predicted octanol–water partition coefficient (Wildman–Crippen LogP) is 2.09. The number of aryl methyl sites for hydroxylation is 2. The van der Waals surface area contributed by atoms with Gasteiger partial charge in [0.15, 0.2) is 0 Å². The molecule has 1 aromatic rings. The van der Waals surface area contributed by atoms with Gasteiger partial charge in [-0.15, -0.1) is 0 Å². The largest absolute Gasteiger partial charge is 0.480 e. The van der Waals surface area contributed by atoms with Gasteiger partial charge in [0.1, 0.15) is 11.2 Å². The minimum absolute atomic E-state index is 0.159. The number of carboxylic acid groups (broad SMARTS) is 1. The van der Waals surface area contributed by atoms with Crippen LogP contribution in [0, 0.1) is 12.8 Å². The molecule has 1 heterocycles. The van der Waals surface area contributed by atoms with Crippen molar-refractivity contribution in [1.82, 2.24) is 15.1 Å². The number of hydrogen-bond donors (Lipinski definition) is 2. The fourth-order valence-corrected chi connectivity index (χ4v) is 2.32. The summed E-state index contributed by atoms with van der Waals surface area (Å²) < 4.78 is 1.50. The average Bonchev–Trinajstić information content (AvgIpc) is 2.62. The molecule has 0 bridgehead atoms. The molecule has 0 radical (unpaired) electrons. The second-order valence-electron chi connectivity index (χ2n) is 5.06. The summed E-state index contributed by atoms with van der Waals surface area (Å²) in [5.74, 6) is -1.39. The van der Waals surface area contributed by atoms with Crippen LogP contribution in [0.2, 0.25) is 5.15 Å². The third-order valence-corrected chi connectivity index (χ3v) is 3.29. The second kappa shape index (κ2) is 6.74. The van der Waals surface area contributed by atoms with E-state index < -0.39 is 17.9 Å². The molecule has 0 spiro atoms. The fraction of sp³-hybridized carbons (Fsp3) is 0.615. The number of aliphatic carboxylic acids is 1. The number of hydrogen-bond acceptors (Lipinski definition) is 3. The van der Waals surface area contributed by atoms with Crippen LogP contribution in [0.25, 0.3) is 0 Å². The van der Waals surface area contributed by atoms with Crippen molar-refractivity contribution in [1.29, 1.82) is 0 Å². The predicted molar refractivity (Wildman–Crippen MR) is 76.0 cm³/mol. The third-order valence-electron chi connectivity index (χ3n) is 2.90. The highest BCUT2D eigenvalue weighted by molar-refractivity contribution is 6.33. The van der Waals surface area contributed by atoms with Gasteiger partial charge in [0.05, 0.1) is 11.3 Å². The number of halogens is 1. The molecule has 0 unspecified atom stereocenters. The number of amides is 1. The lowest BCUT2D eigenvalue weighted by atomic mass is 10.0. The molecule has 112 valence electrons. The van der Waals surface area contributed by atoms with Crippen LogP contribution in [0.4, 0.5) is 0 Å². The Morgan fingerprint density at radius 1 is 1.45 bits per heavy atom. The molecule has 1 atom stereocenters. The van der Waals surface area contributed by atoms with Crippen LogP contribution in [0.3, 0.4) is 0 Å². The van der Waals surface area contributed by atoms with Crippen LogP contribution in [-0.2, 0) is 11.3 Å². The van der Waals surface area contributed by atoms with Gasteiger partial charge in [-0.05, 0) is 26.2 Å². The smallest absolute Gasteiger partial charge is 0.326 e. The van der Waals surface area contributed by atoms with E-state index in [1.165, 1.54) is 4.68 Å². The Morgan fingerprint density at radius 2 is 2.05 bits per heavy atom. The maximum Gasteiger partial charge on any atom is 0.326 e. The van der Waals surface area contributed by atoms with Crippen molar-refractivity contribution < 1.29 is 14.7 Å². The Bertz CT molecular complexity index is 511. The molecule has 2 N–H and O–H groups in total. The van der Waals surface area contributed by atoms with Gasteiger partial charge in [-0.3, -0.25) is 9.48 Å². The Morgan fingerprint density at radius 3 is 2.45 bits per heavy atom. The van der Waals surface area contributed by atoms with E-state index in [-0.39, 0.29) is 16.6 Å². The van der Waals surface area contributed by atoms with Crippen molar-refractivity contribution in [2.24, 2.45) is 5.92 Å². The average molecular weight is 302 g/mol. The molecular weight excluding hydrogens is 282 g/mol. The highest BCUT2D eigenvalue weighted by Crippen LogP contribution is 2.20. The summed E-state index contributed by atoms with van der Waals surface area (Å²) >= 11 is 6.09. The summed E-state index contributed by atoms with van der Waals surface area (Å²) in [7, 11) is 0. The first-order chi connectivity index (χ1) is 9.27. The van der Waals surface area contributed by atoms with E-state index in [9.17, 15) is 9.59 Å². The van der Waals surface area contributed by atoms with Crippen LogP contribution in [0.15, 0.2) is 0 Å². The van der Waals surface area contributed by atoms with E-state index >= 15 is 0 Å². The number of carbonyl (C=O) groups excluding carboxylic acids is 1. The van der Waals surface area contributed by atoms with E-state index in [1.54, 1.807) is 6.92 Å². The number of aromatic nitrogens is 2. The fourth-order valence-electron chi connectivity index (χ4n) is 1.94. The highest BCUT2D eigenvalue weighted by atomic mass is 35.5. The van der Waals surface area contributed by atoms with Gasteiger partial charge in [0.2, 0.25) is 0 Å². The van der Waals surface area contributed by atoms with Gasteiger partial charge in [-0.25, -0.2) is 4.79 Å². The molecule has 1 aromatic heterocycles. The van der Waals surface area contributed by atoms with E-state index in [4.69, 9.17) is 16.7 Å². The van der Waals surface area contributed by atoms with E-state index in [1.807, 2.05) is 20.8 Å². The zero-order valence-corrected chi connectivity index (χ0v) is 12.9. The molecule has 0 saturated heterocycles. The molecule has 0 aliphatic rings. The highest BCUT2D eigenvalue weighted by Gasteiger charge is 2.26. The Balaban J connectivity index is 2.95. The lowest BCUT2D eigenvalue weighted by Gasteiger charge is -2.16. The van der Waals surface area contributed by atoms with Crippen molar-refractivity contribution in [3.63, 3.8) is 0 Å². The van der Waals surface area contributed by atoms with Crippen LogP contribution in [-0.4, -0.2) is 32.8 Å². The minimum atomic E-state index is -1.05. The molecular formula is C13H20ClN3O3. The zero-order chi connectivity index (χ0) is 15.4. The molecule has 0 aromatic carbocycles. The summed E-state index contributed by atoms with van der Waals surface area (Å²) in [6, 6.07) is -0.928. The van der Waals surface area contributed by atoms with E-state index in [2.05, 4.69) is 10.4 Å². The standard InChI is InChI=1S/C13H20ClN3O3/c1-5-17-11(14)10(8(4)16-17)12(18)15-9(13(19)20)6-7(2)3/h7,9H,5-6H2,1-4H3,(H,15,18)(H,19,20)/t9-/m1/s1. The minimum Gasteiger partial charge on any atom is -0.480 e. The van der Waals surface area contributed by atoms with Crippen LogP contribution < -0.4 is 5.32 Å². The number of carboxylic acids is 1. The van der Waals surface area contributed by atoms with Crippen LogP contribution in [0.5, 0.6) is 0 Å². The number of nitrogens with zero attached hydrogens (tertiary/aromatic N) is 2. The molecule has 20 heavy (non-hydrogen) atoms. The molecule has 0 saturated carbocycles.